The first kappa shape index (κ1) is 38.1. The zero-order chi connectivity index (χ0) is 43.7. The van der Waals surface area contributed by atoms with Crippen LogP contribution in [0, 0.1) is 0 Å². The maximum absolute atomic E-state index is 2.46. The van der Waals surface area contributed by atoms with Gasteiger partial charge in [-0.25, -0.2) is 0 Å². The van der Waals surface area contributed by atoms with Gasteiger partial charge in [-0.05, 0) is 121 Å². The number of para-hydroxylation sites is 2. The molecule has 314 valence electrons. The normalized spacial score (nSPS) is 12.2. The fourth-order valence-electron chi connectivity index (χ4n) is 10.3. The van der Waals surface area contributed by atoms with Crippen molar-refractivity contribution >= 4 is 192 Å². The number of hydrogen-bond acceptors (Lipinski definition) is 7. The molecule has 0 N–H and O–H groups in total. The number of rotatable bonds is 6. The van der Waals surface area contributed by atoms with Gasteiger partial charge in [0.1, 0.15) is 0 Å². The quantitative estimate of drug-likeness (QED) is 0.164. The highest BCUT2D eigenvalue weighted by Crippen LogP contribution is 2.49. The topological polar surface area (TPSA) is 6.48 Å². The van der Waals surface area contributed by atoms with Crippen LogP contribution in [0.5, 0.6) is 0 Å². The molecule has 15 aromatic rings. The molecule has 0 radical (unpaired) electrons. The van der Waals surface area contributed by atoms with Gasteiger partial charge < -0.3 is 9.80 Å². The Balaban J connectivity index is 0.829. The molecule has 0 saturated carbocycles. The SMILES string of the molecule is c1ccc(N(c2ccc3c(c2)sc2cc4c(cc23)sc2cc3c(cc24)sc2cc(N(c4ccccc4)c4ccc5sc6ccccc6c5c4)ccc23)c2ccc3sc4ccccc4c3c2)cc1. The molecule has 0 amide bonds. The Bertz CT molecular complexity index is 4190. The molecule has 2 nitrogen and oxygen atoms in total. The predicted octanol–water partition coefficient (Wildman–Crippen LogP) is 20.5. The van der Waals surface area contributed by atoms with Gasteiger partial charge in [0.15, 0.2) is 0 Å². The first-order chi connectivity index (χ1) is 33.1. The summed E-state index contributed by atoms with van der Waals surface area (Å²) in [4.78, 5) is 4.82. The van der Waals surface area contributed by atoms with Crippen molar-refractivity contribution < 1.29 is 0 Å². The average molecular weight is 943 g/mol. The Morgan fingerprint density at radius 3 is 0.896 bits per heavy atom. The molecule has 5 heterocycles. The zero-order valence-corrected chi connectivity index (χ0v) is 39.6. The molecule has 0 aliphatic carbocycles. The lowest BCUT2D eigenvalue weighted by atomic mass is 10.1. The van der Waals surface area contributed by atoms with E-state index < -0.39 is 0 Å². The van der Waals surface area contributed by atoms with E-state index in [1.165, 1.54) is 101 Å². The third-order valence-electron chi connectivity index (χ3n) is 13.4. The smallest absolute Gasteiger partial charge is 0.0476 e. The third-order valence-corrected chi connectivity index (χ3v) is 19.1. The molecule has 5 aromatic heterocycles. The highest BCUT2D eigenvalue weighted by atomic mass is 32.1. The van der Waals surface area contributed by atoms with Crippen molar-refractivity contribution in [3.05, 3.63) is 206 Å². The second-order valence-corrected chi connectivity index (χ2v) is 22.7. The van der Waals surface area contributed by atoms with Crippen molar-refractivity contribution in [1.82, 2.24) is 0 Å². The lowest BCUT2D eigenvalue weighted by Crippen LogP contribution is -2.09. The summed E-state index contributed by atoms with van der Waals surface area (Å²) >= 11 is 9.46. The Morgan fingerprint density at radius 1 is 0.179 bits per heavy atom. The minimum absolute atomic E-state index is 1.15. The lowest BCUT2D eigenvalue weighted by Gasteiger charge is -2.25. The molecule has 0 bridgehead atoms. The van der Waals surface area contributed by atoms with Gasteiger partial charge in [-0.3, -0.25) is 0 Å². The molecule has 0 fully saturated rings. The van der Waals surface area contributed by atoms with Crippen LogP contribution in [-0.4, -0.2) is 0 Å². The van der Waals surface area contributed by atoms with Crippen LogP contribution in [0.15, 0.2) is 206 Å². The molecule has 67 heavy (non-hydrogen) atoms. The molecule has 0 aliphatic rings. The zero-order valence-electron chi connectivity index (χ0n) is 35.6. The summed E-state index contributed by atoms with van der Waals surface area (Å²) in [5.41, 5.74) is 6.95. The maximum atomic E-state index is 2.46. The van der Waals surface area contributed by atoms with E-state index in [1.54, 1.807) is 0 Å². The number of anilines is 6. The van der Waals surface area contributed by atoms with Crippen molar-refractivity contribution in [2.75, 3.05) is 9.80 Å². The number of benzene rings is 10. The number of hydrogen-bond donors (Lipinski definition) is 0. The largest absolute Gasteiger partial charge is 0.310 e. The number of nitrogens with zero attached hydrogens (tertiary/aromatic N) is 2. The molecule has 15 rings (SSSR count). The van der Waals surface area contributed by atoms with Crippen molar-refractivity contribution in [3.8, 4) is 0 Å². The van der Waals surface area contributed by atoms with Crippen molar-refractivity contribution in [2.24, 2.45) is 0 Å². The van der Waals surface area contributed by atoms with E-state index in [0.29, 0.717) is 0 Å². The lowest BCUT2D eigenvalue weighted by molar-refractivity contribution is 1.30. The number of thiophene rings is 5. The van der Waals surface area contributed by atoms with E-state index in [-0.39, 0.29) is 0 Å². The standard InChI is InChI=1S/C60H34N2S5/c1-3-11-35(12-4-1)61(37-21-25-53-45(27-37)41-15-7-9-17-51(41)63-53)39-19-23-43-47-31-59-49(33-57(47)65-55(43)29-39)50-34-58-48(32-60(50)67-59)44-24-20-40(30-56(44)66-58)62(36-13-5-2-6-14-36)38-22-26-54-46(28-38)42-16-8-10-18-52(42)64-54/h1-34H. The van der Waals surface area contributed by atoms with Crippen LogP contribution in [0.3, 0.4) is 0 Å². The Kier molecular flexibility index (Phi) is 8.35. The van der Waals surface area contributed by atoms with Crippen LogP contribution in [0.1, 0.15) is 0 Å². The van der Waals surface area contributed by atoms with Crippen LogP contribution >= 0.6 is 56.7 Å². The Morgan fingerprint density at radius 2 is 0.463 bits per heavy atom. The fourth-order valence-corrected chi connectivity index (χ4v) is 16.0. The second kappa shape index (κ2) is 14.7. The first-order valence-electron chi connectivity index (χ1n) is 22.4. The number of fused-ring (bicyclic) bond motifs is 15. The first-order valence-corrected chi connectivity index (χ1v) is 26.5. The van der Waals surface area contributed by atoms with Crippen LogP contribution in [0.2, 0.25) is 0 Å². The summed E-state index contributed by atoms with van der Waals surface area (Å²) < 4.78 is 13.2. The monoisotopic (exact) mass is 942 g/mol. The highest BCUT2D eigenvalue weighted by Gasteiger charge is 2.20. The molecular formula is C60H34N2S5. The van der Waals surface area contributed by atoms with Crippen molar-refractivity contribution in [1.29, 1.82) is 0 Å². The molecule has 0 spiro atoms. The third kappa shape index (κ3) is 5.96. The van der Waals surface area contributed by atoms with Gasteiger partial charge in [0.25, 0.3) is 0 Å². The molecular weight excluding hydrogens is 909 g/mol. The van der Waals surface area contributed by atoms with Crippen LogP contribution in [-0.2, 0) is 0 Å². The molecule has 0 atom stereocenters. The van der Waals surface area contributed by atoms with Gasteiger partial charge in [-0.2, -0.15) is 0 Å². The van der Waals surface area contributed by atoms with Gasteiger partial charge >= 0.3 is 0 Å². The molecule has 0 unspecified atom stereocenters. The van der Waals surface area contributed by atoms with Crippen molar-refractivity contribution in [3.63, 3.8) is 0 Å². The van der Waals surface area contributed by atoms with Crippen LogP contribution in [0.4, 0.5) is 34.1 Å². The van der Waals surface area contributed by atoms with E-state index in [4.69, 9.17) is 0 Å². The van der Waals surface area contributed by atoms with Gasteiger partial charge in [-0.1, -0.05) is 84.9 Å². The minimum atomic E-state index is 1.15. The van der Waals surface area contributed by atoms with Crippen LogP contribution in [0.25, 0.3) is 101 Å². The van der Waals surface area contributed by atoms with E-state index >= 15 is 0 Å². The van der Waals surface area contributed by atoms with E-state index in [2.05, 4.69) is 216 Å². The average Bonchev–Trinajstić information content (AvgIpc) is 4.19. The van der Waals surface area contributed by atoms with Gasteiger partial charge in [-0.15, -0.1) is 56.7 Å². The summed E-state index contributed by atoms with van der Waals surface area (Å²) in [7, 11) is 0. The summed E-state index contributed by atoms with van der Waals surface area (Å²) in [6, 6.07) is 76.9. The van der Waals surface area contributed by atoms with E-state index in [9.17, 15) is 0 Å². The molecule has 10 aromatic carbocycles. The second-order valence-electron chi connectivity index (χ2n) is 17.3. The molecule has 7 heteroatoms. The highest BCUT2D eigenvalue weighted by molar-refractivity contribution is 7.29. The minimum Gasteiger partial charge on any atom is -0.310 e. The summed E-state index contributed by atoms with van der Waals surface area (Å²) in [6.45, 7) is 0. The Labute approximate surface area is 404 Å². The summed E-state index contributed by atoms with van der Waals surface area (Å²) in [5, 5.41) is 13.2. The van der Waals surface area contributed by atoms with E-state index in [1.807, 2.05) is 56.7 Å². The summed E-state index contributed by atoms with van der Waals surface area (Å²) in [6.07, 6.45) is 0. The molecule has 0 aliphatic heterocycles. The van der Waals surface area contributed by atoms with Gasteiger partial charge in [0, 0.05) is 135 Å². The maximum Gasteiger partial charge on any atom is 0.0476 e. The predicted molar refractivity (Wildman–Crippen MR) is 300 cm³/mol. The van der Waals surface area contributed by atoms with Gasteiger partial charge in [0.05, 0.1) is 0 Å². The van der Waals surface area contributed by atoms with E-state index in [0.717, 1.165) is 34.1 Å². The summed E-state index contributed by atoms with van der Waals surface area (Å²) in [5.74, 6) is 0. The van der Waals surface area contributed by atoms with Crippen molar-refractivity contribution in [2.45, 2.75) is 0 Å². The van der Waals surface area contributed by atoms with Crippen LogP contribution < -0.4 is 9.80 Å². The fraction of sp³-hybridized carbons (Fsp3) is 0. The van der Waals surface area contributed by atoms with Gasteiger partial charge in [0.2, 0.25) is 0 Å². The Hall–Kier alpha value is -7.10. The molecule has 0 saturated heterocycles.